The molecule has 0 aromatic rings. The van der Waals surface area contributed by atoms with Gasteiger partial charge in [-0.15, -0.1) is 0 Å². The van der Waals surface area contributed by atoms with E-state index < -0.39 is 0 Å². The smallest absolute Gasteiger partial charge is 0.0667 e. The average Bonchev–Trinajstić information content (AvgIpc) is 2.09. The fourth-order valence-corrected chi connectivity index (χ4v) is 1.08. The third-order valence-electron chi connectivity index (χ3n) is 2.58. The first kappa shape index (κ1) is 13.9. The largest absolute Gasteiger partial charge is 0.380 e. The molecule has 3 heteroatoms. The number of hydrogen-bond donors (Lipinski definition) is 2. The fourth-order valence-electron chi connectivity index (χ4n) is 1.08. The highest BCUT2D eigenvalue weighted by molar-refractivity contribution is 4.77. The first-order chi connectivity index (χ1) is 6.38. The zero-order chi connectivity index (χ0) is 11.2. The van der Waals surface area contributed by atoms with Crippen LogP contribution in [0.15, 0.2) is 0 Å². The number of nitrogens with one attached hydrogen (secondary N) is 1. The summed E-state index contributed by atoms with van der Waals surface area (Å²) in [6.45, 7) is 10.4. The van der Waals surface area contributed by atoms with E-state index in [9.17, 15) is 0 Å². The number of nitrogens with two attached hydrogens (primary N) is 1. The lowest BCUT2D eigenvalue weighted by molar-refractivity contribution is 0.117. The maximum atomic E-state index is 6.03. The lowest BCUT2D eigenvalue weighted by Crippen LogP contribution is -2.38. The molecule has 2 unspecified atom stereocenters. The first-order valence-corrected chi connectivity index (χ1v) is 5.37. The van der Waals surface area contributed by atoms with E-state index in [1.807, 2.05) is 0 Å². The molecule has 0 saturated carbocycles. The summed E-state index contributed by atoms with van der Waals surface area (Å²) in [5.74, 6) is 0. The first-order valence-electron chi connectivity index (χ1n) is 5.37. The predicted molar refractivity (Wildman–Crippen MR) is 61.4 cm³/mol. The SMILES string of the molecule is COC(C)CNCCC(N)C(C)(C)C. The van der Waals surface area contributed by atoms with E-state index in [0.29, 0.717) is 0 Å². The third kappa shape index (κ3) is 6.35. The summed E-state index contributed by atoms with van der Waals surface area (Å²) >= 11 is 0. The molecule has 2 atom stereocenters. The van der Waals surface area contributed by atoms with Crippen LogP contribution in [0.25, 0.3) is 0 Å². The molecule has 0 aliphatic rings. The van der Waals surface area contributed by atoms with Gasteiger partial charge in [0, 0.05) is 19.7 Å². The maximum Gasteiger partial charge on any atom is 0.0667 e. The second kappa shape index (κ2) is 6.38. The predicted octanol–water partition coefficient (Wildman–Crippen LogP) is 1.37. The Morgan fingerprint density at radius 1 is 1.36 bits per heavy atom. The molecule has 0 fully saturated rings. The molecule has 0 heterocycles. The van der Waals surface area contributed by atoms with Gasteiger partial charge in [-0.05, 0) is 25.3 Å². The number of ether oxygens (including phenoxy) is 1. The molecule has 0 aromatic heterocycles. The molecule has 0 spiro atoms. The summed E-state index contributed by atoms with van der Waals surface area (Å²) < 4.78 is 5.13. The minimum absolute atomic E-state index is 0.203. The monoisotopic (exact) mass is 202 g/mol. The number of methoxy groups -OCH3 is 1. The van der Waals surface area contributed by atoms with Crippen LogP contribution in [0.1, 0.15) is 34.1 Å². The Bertz CT molecular complexity index is 143. The van der Waals surface area contributed by atoms with Crippen LogP contribution in [0.3, 0.4) is 0 Å². The van der Waals surface area contributed by atoms with Crippen molar-refractivity contribution in [2.75, 3.05) is 20.2 Å². The van der Waals surface area contributed by atoms with Crippen LogP contribution in [-0.4, -0.2) is 32.3 Å². The summed E-state index contributed by atoms with van der Waals surface area (Å²) in [7, 11) is 1.73. The molecule has 0 bridgehead atoms. The molecule has 0 amide bonds. The maximum absolute atomic E-state index is 6.03. The van der Waals surface area contributed by atoms with E-state index in [2.05, 4.69) is 33.0 Å². The third-order valence-corrected chi connectivity index (χ3v) is 2.58. The van der Waals surface area contributed by atoms with Crippen LogP contribution < -0.4 is 11.1 Å². The molecule has 0 aliphatic carbocycles. The highest BCUT2D eigenvalue weighted by Crippen LogP contribution is 2.18. The van der Waals surface area contributed by atoms with Crippen molar-refractivity contribution in [1.29, 1.82) is 0 Å². The van der Waals surface area contributed by atoms with Crippen molar-refractivity contribution in [2.24, 2.45) is 11.1 Å². The Hall–Kier alpha value is -0.120. The normalized spacial score (nSPS) is 16.7. The van der Waals surface area contributed by atoms with Crippen LogP contribution in [0.4, 0.5) is 0 Å². The van der Waals surface area contributed by atoms with Crippen LogP contribution >= 0.6 is 0 Å². The average molecular weight is 202 g/mol. The molecule has 86 valence electrons. The van der Waals surface area contributed by atoms with Gasteiger partial charge in [-0.1, -0.05) is 20.8 Å². The van der Waals surface area contributed by atoms with Crippen LogP contribution in [-0.2, 0) is 4.74 Å². The van der Waals surface area contributed by atoms with Crippen LogP contribution in [0.2, 0.25) is 0 Å². The highest BCUT2D eigenvalue weighted by atomic mass is 16.5. The van der Waals surface area contributed by atoms with E-state index in [1.54, 1.807) is 7.11 Å². The van der Waals surface area contributed by atoms with Crippen molar-refractivity contribution in [3.05, 3.63) is 0 Å². The summed E-state index contributed by atoms with van der Waals surface area (Å²) in [5, 5.41) is 3.33. The Morgan fingerprint density at radius 2 is 1.93 bits per heavy atom. The van der Waals surface area contributed by atoms with Gasteiger partial charge in [0.25, 0.3) is 0 Å². The van der Waals surface area contributed by atoms with Crippen LogP contribution in [0, 0.1) is 5.41 Å². The Balaban J connectivity index is 3.46. The van der Waals surface area contributed by atoms with Gasteiger partial charge >= 0.3 is 0 Å². The highest BCUT2D eigenvalue weighted by Gasteiger charge is 2.19. The molecule has 0 aromatic carbocycles. The Morgan fingerprint density at radius 3 is 2.36 bits per heavy atom. The van der Waals surface area contributed by atoms with Crippen molar-refractivity contribution < 1.29 is 4.74 Å². The minimum atomic E-state index is 0.203. The second-order valence-electron chi connectivity index (χ2n) is 5.01. The van der Waals surface area contributed by atoms with Crippen molar-refractivity contribution in [1.82, 2.24) is 5.32 Å². The van der Waals surface area contributed by atoms with E-state index in [4.69, 9.17) is 10.5 Å². The molecule has 14 heavy (non-hydrogen) atoms. The number of rotatable bonds is 6. The lowest BCUT2D eigenvalue weighted by atomic mass is 9.85. The van der Waals surface area contributed by atoms with Gasteiger partial charge in [0.05, 0.1) is 6.10 Å². The zero-order valence-corrected chi connectivity index (χ0v) is 10.3. The molecule has 0 radical (unpaired) electrons. The Kier molecular flexibility index (Phi) is 6.33. The van der Waals surface area contributed by atoms with Crippen molar-refractivity contribution in [2.45, 2.75) is 46.3 Å². The molecule has 3 N–H and O–H groups in total. The molecular formula is C11H26N2O. The van der Waals surface area contributed by atoms with E-state index in [1.165, 1.54) is 0 Å². The summed E-state index contributed by atoms with van der Waals surface area (Å²) in [6.07, 6.45) is 1.29. The van der Waals surface area contributed by atoms with E-state index in [-0.39, 0.29) is 17.6 Å². The van der Waals surface area contributed by atoms with Gasteiger partial charge in [-0.3, -0.25) is 0 Å². The van der Waals surface area contributed by atoms with Gasteiger partial charge in [-0.2, -0.15) is 0 Å². The molecule has 0 aliphatic heterocycles. The standard InChI is InChI=1S/C11H26N2O/c1-9(14-5)8-13-7-6-10(12)11(2,3)4/h9-10,13H,6-8,12H2,1-5H3. The van der Waals surface area contributed by atoms with Gasteiger partial charge in [0.1, 0.15) is 0 Å². The molecular weight excluding hydrogens is 176 g/mol. The fraction of sp³-hybridized carbons (Fsp3) is 1.00. The second-order valence-corrected chi connectivity index (χ2v) is 5.01. The molecule has 0 rings (SSSR count). The van der Waals surface area contributed by atoms with Gasteiger partial charge < -0.3 is 15.8 Å². The molecule has 3 nitrogen and oxygen atoms in total. The summed E-state index contributed by atoms with van der Waals surface area (Å²) in [4.78, 5) is 0. The van der Waals surface area contributed by atoms with Gasteiger partial charge in [0.2, 0.25) is 0 Å². The minimum Gasteiger partial charge on any atom is -0.380 e. The zero-order valence-electron chi connectivity index (χ0n) is 10.3. The van der Waals surface area contributed by atoms with Crippen molar-refractivity contribution in [3.8, 4) is 0 Å². The van der Waals surface area contributed by atoms with E-state index >= 15 is 0 Å². The lowest BCUT2D eigenvalue weighted by Gasteiger charge is -2.27. The van der Waals surface area contributed by atoms with E-state index in [0.717, 1.165) is 19.5 Å². The van der Waals surface area contributed by atoms with Crippen LogP contribution in [0.5, 0.6) is 0 Å². The summed E-state index contributed by atoms with van der Waals surface area (Å²) in [6, 6.07) is 0.257. The van der Waals surface area contributed by atoms with Gasteiger partial charge in [0.15, 0.2) is 0 Å². The molecule has 0 saturated heterocycles. The number of hydrogen-bond acceptors (Lipinski definition) is 3. The quantitative estimate of drug-likeness (QED) is 0.640. The Labute approximate surface area is 88.4 Å². The topological polar surface area (TPSA) is 47.3 Å². The van der Waals surface area contributed by atoms with Crippen molar-refractivity contribution in [3.63, 3.8) is 0 Å². The summed E-state index contributed by atoms with van der Waals surface area (Å²) in [5.41, 5.74) is 6.23. The van der Waals surface area contributed by atoms with Gasteiger partial charge in [-0.25, -0.2) is 0 Å². The van der Waals surface area contributed by atoms with Crippen molar-refractivity contribution >= 4 is 0 Å².